The van der Waals surface area contributed by atoms with Crippen LogP contribution in [0.3, 0.4) is 0 Å². The summed E-state index contributed by atoms with van der Waals surface area (Å²) in [4.78, 5) is 30.1. The summed E-state index contributed by atoms with van der Waals surface area (Å²) in [5, 5.41) is 16.8. The maximum atomic E-state index is 12.5. The zero-order valence-corrected chi connectivity index (χ0v) is 15.1. The molecule has 2 aliphatic rings. The van der Waals surface area contributed by atoms with E-state index in [1.807, 2.05) is 10.3 Å². The second kappa shape index (κ2) is 7.03. The fourth-order valence-corrected chi connectivity index (χ4v) is 4.08. The number of nitro groups is 1. The number of piperidine rings is 1. The van der Waals surface area contributed by atoms with E-state index in [0.717, 1.165) is 50.9 Å². The second-order valence-corrected chi connectivity index (χ2v) is 7.67. The zero-order chi connectivity index (χ0) is 18.1. The van der Waals surface area contributed by atoms with Gasteiger partial charge < -0.3 is 4.90 Å². The Hall–Kier alpha value is -2.48. The molecule has 1 aliphatic heterocycles. The van der Waals surface area contributed by atoms with E-state index in [1.165, 1.54) is 17.4 Å². The third-order valence-electron chi connectivity index (χ3n) is 4.87. The first kappa shape index (κ1) is 17.0. The lowest BCUT2D eigenvalue weighted by Gasteiger charge is -2.28. The van der Waals surface area contributed by atoms with Gasteiger partial charge in [0.05, 0.1) is 10.6 Å². The lowest BCUT2D eigenvalue weighted by atomic mass is 10.1. The highest BCUT2D eigenvalue weighted by Gasteiger charge is 2.27. The van der Waals surface area contributed by atoms with E-state index in [4.69, 9.17) is 0 Å². The molecule has 1 saturated heterocycles. The summed E-state index contributed by atoms with van der Waals surface area (Å²) in [5.74, 6) is 0.164. The average Bonchev–Trinajstić information content (AvgIpc) is 3.41. The third kappa shape index (κ3) is 3.55. The van der Waals surface area contributed by atoms with Gasteiger partial charge in [0.25, 0.3) is 11.6 Å². The molecule has 136 valence electrons. The van der Waals surface area contributed by atoms with Crippen LogP contribution < -0.4 is 10.2 Å². The van der Waals surface area contributed by atoms with E-state index >= 15 is 0 Å². The summed E-state index contributed by atoms with van der Waals surface area (Å²) in [6.07, 6.45) is 5.53. The van der Waals surface area contributed by atoms with Crippen molar-refractivity contribution >= 4 is 33.8 Å². The van der Waals surface area contributed by atoms with Gasteiger partial charge in [-0.25, -0.2) is 4.98 Å². The van der Waals surface area contributed by atoms with Crippen molar-refractivity contribution in [1.29, 1.82) is 0 Å². The Bertz CT molecular complexity index is 841. The van der Waals surface area contributed by atoms with Crippen LogP contribution in [0.4, 0.5) is 16.5 Å². The maximum absolute atomic E-state index is 12.5. The highest BCUT2D eigenvalue weighted by Crippen LogP contribution is 2.41. The summed E-state index contributed by atoms with van der Waals surface area (Å²) in [6.45, 7) is 1.63. The summed E-state index contributed by atoms with van der Waals surface area (Å²) in [6, 6.07) is 4.71. The molecule has 2 heterocycles. The molecule has 1 amide bonds. The van der Waals surface area contributed by atoms with Crippen LogP contribution >= 0.6 is 11.3 Å². The van der Waals surface area contributed by atoms with Gasteiger partial charge in [0.15, 0.2) is 5.13 Å². The van der Waals surface area contributed by atoms with Gasteiger partial charge in [-0.2, -0.15) is 0 Å². The number of hydrogen-bond acceptors (Lipinski definition) is 6. The number of hydrogen-bond donors (Lipinski definition) is 1. The van der Waals surface area contributed by atoms with Crippen LogP contribution in [0, 0.1) is 10.1 Å². The summed E-state index contributed by atoms with van der Waals surface area (Å²) < 4.78 is 0. The van der Waals surface area contributed by atoms with Crippen LogP contribution in [0.2, 0.25) is 0 Å². The Balaban J connectivity index is 1.54. The highest BCUT2D eigenvalue weighted by atomic mass is 32.1. The molecule has 8 heteroatoms. The zero-order valence-electron chi connectivity index (χ0n) is 14.3. The molecule has 2 fully saturated rings. The number of amides is 1. The molecule has 1 aliphatic carbocycles. The highest BCUT2D eigenvalue weighted by molar-refractivity contribution is 7.14. The van der Waals surface area contributed by atoms with Gasteiger partial charge in [0, 0.05) is 36.0 Å². The number of rotatable bonds is 5. The smallest absolute Gasteiger partial charge is 0.293 e. The van der Waals surface area contributed by atoms with Crippen molar-refractivity contribution in [1.82, 2.24) is 4.98 Å². The first-order valence-electron chi connectivity index (χ1n) is 8.92. The van der Waals surface area contributed by atoms with Gasteiger partial charge in [-0.3, -0.25) is 20.2 Å². The molecule has 26 heavy (non-hydrogen) atoms. The van der Waals surface area contributed by atoms with E-state index < -0.39 is 4.92 Å². The van der Waals surface area contributed by atoms with Crippen molar-refractivity contribution in [2.24, 2.45) is 0 Å². The van der Waals surface area contributed by atoms with E-state index in [2.05, 4.69) is 10.3 Å². The first-order valence-corrected chi connectivity index (χ1v) is 9.80. The molecule has 0 atom stereocenters. The van der Waals surface area contributed by atoms with E-state index in [1.54, 1.807) is 12.1 Å². The lowest BCUT2D eigenvalue weighted by molar-refractivity contribution is -0.384. The summed E-state index contributed by atoms with van der Waals surface area (Å²) in [5.41, 5.74) is 1.88. The number of nitrogens with one attached hydrogen (secondary N) is 1. The number of nitro benzene ring substituents is 1. The Morgan fingerprint density at radius 2 is 2.04 bits per heavy atom. The van der Waals surface area contributed by atoms with Gasteiger partial charge in [-0.05, 0) is 44.2 Å². The Morgan fingerprint density at radius 3 is 2.73 bits per heavy atom. The van der Waals surface area contributed by atoms with Gasteiger partial charge in [-0.1, -0.05) is 0 Å². The molecule has 1 N–H and O–H groups in total. The van der Waals surface area contributed by atoms with Crippen LogP contribution in [-0.2, 0) is 0 Å². The SMILES string of the molecule is O=C(Nc1nc(C2CC2)cs1)c1ccc(N2CCCCC2)c([N+](=O)[O-])c1. The number of carbonyl (C=O) groups is 1. The largest absolute Gasteiger partial charge is 0.366 e. The van der Waals surface area contributed by atoms with Crippen LogP contribution in [0.1, 0.15) is 54.1 Å². The van der Waals surface area contributed by atoms with Crippen LogP contribution in [0.25, 0.3) is 0 Å². The number of aromatic nitrogens is 1. The monoisotopic (exact) mass is 372 g/mol. The number of thiazole rings is 1. The van der Waals surface area contributed by atoms with Crippen molar-refractivity contribution in [3.8, 4) is 0 Å². The van der Waals surface area contributed by atoms with Crippen molar-refractivity contribution < 1.29 is 9.72 Å². The van der Waals surface area contributed by atoms with Gasteiger partial charge in [0.2, 0.25) is 0 Å². The Labute approximate surface area is 155 Å². The number of benzene rings is 1. The van der Waals surface area contributed by atoms with Crippen LogP contribution in [0.5, 0.6) is 0 Å². The number of nitrogens with zero attached hydrogens (tertiary/aromatic N) is 3. The fourth-order valence-electron chi connectivity index (χ4n) is 3.29. The predicted molar refractivity (Wildman–Crippen MR) is 101 cm³/mol. The average molecular weight is 372 g/mol. The minimum absolute atomic E-state index is 0.0163. The van der Waals surface area contributed by atoms with E-state index in [-0.39, 0.29) is 17.2 Å². The molecule has 0 radical (unpaired) electrons. The third-order valence-corrected chi connectivity index (χ3v) is 5.65. The second-order valence-electron chi connectivity index (χ2n) is 6.81. The predicted octanol–water partition coefficient (Wildman–Crippen LogP) is 4.17. The van der Waals surface area contributed by atoms with Crippen molar-refractivity contribution in [2.45, 2.75) is 38.0 Å². The Morgan fingerprint density at radius 1 is 1.27 bits per heavy atom. The molecule has 2 aromatic rings. The van der Waals surface area contributed by atoms with Crippen LogP contribution in [0.15, 0.2) is 23.6 Å². The summed E-state index contributed by atoms with van der Waals surface area (Å²) in [7, 11) is 0. The molecular weight excluding hydrogens is 352 g/mol. The maximum Gasteiger partial charge on any atom is 0.293 e. The molecule has 1 aromatic carbocycles. The molecule has 1 saturated carbocycles. The molecule has 7 nitrogen and oxygen atoms in total. The molecular formula is C18H20N4O3S. The first-order chi connectivity index (χ1) is 12.6. The van der Waals surface area contributed by atoms with Crippen molar-refractivity contribution in [3.63, 3.8) is 0 Å². The lowest BCUT2D eigenvalue weighted by Crippen LogP contribution is -2.30. The molecule has 1 aromatic heterocycles. The standard InChI is InChI=1S/C18H20N4O3S/c23-17(20-18-19-14(11-26-18)12-4-5-12)13-6-7-15(16(10-13)22(24)25)21-8-2-1-3-9-21/h6-7,10-12H,1-5,8-9H2,(H,19,20,23). The number of anilines is 2. The van der Waals surface area contributed by atoms with E-state index in [0.29, 0.717) is 16.7 Å². The van der Waals surface area contributed by atoms with Gasteiger partial charge >= 0.3 is 0 Å². The molecule has 0 spiro atoms. The topological polar surface area (TPSA) is 88.4 Å². The van der Waals surface area contributed by atoms with Crippen molar-refractivity contribution in [2.75, 3.05) is 23.3 Å². The fraction of sp³-hybridized carbons (Fsp3) is 0.444. The van der Waals surface area contributed by atoms with Crippen molar-refractivity contribution in [3.05, 3.63) is 45.0 Å². The van der Waals surface area contributed by atoms with E-state index in [9.17, 15) is 14.9 Å². The number of carbonyl (C=O) groups excluding carboxylic acids is 1. The molecule has 0 bridgehead atoms. The summed E-state index contributed by atoms with van der Waals surface area (Å²) >= 11 is 1.39. The van der Waals surface area contributed by atoms with Gasteiger partial charge in [0.1, 0.15) is 5.69 Å². The molecule has 4 rings (SSSR count). The van der Waals surface area contributed by atoms with Gasteiger partial charge in [-0.15, -0.1) is 11.3 Å². The minimum atomic E-state index is -0.407. The normalized spacial score (nSPS) is 17.2. The minimum Gasteiger partial charge on any atom is -0.366 e. The van der Waals surface area contributed by atoms with Crippen LogP contribution in [-0.4, -0.2) is 28.9 Å². The Kier molecular flexibility index (Phi) is 4.58. The quantitative estimate of drug-likeness (QED) is 0.628. The molecule has 0 unspecified atom stereocenters.